The van der Waals surface area contributed by atoms with Crippen LogP contribution in [0.4, 0.5) is 0 Å². The standard InChI is InChI=1S/C21H26N4O3/c1-15-18(20(27)28)12-22-25(15)17-6-4-16(5-7-17)19(26)24-10-3-8-21(14-24)9-11-23(2)13-21/h4-7,12H,3,8-11,13-14H2,1-2H3,(H,27,28). The van der Waals surface area contributed by atoms with Gasteiger partial charge in [0.1, 0.15) is 5.56 Å². The Bertz CT molecular complexity index is 901. The molecule has 1 spiro atoms. The van der Waals surface area contributed by atoms with E-state index in [9.17, 15) is 14.7 Å². The summed E-state index contributed by atoms with van der Waals surface area (Å²) in [5.74, 6) is -0.921. The van der Waals surface area contributed by atoms with Gasteiger partial charge in [0, 0.05) is 30.6 Å². The summed E-state index contributed by atoms with van der Waals surface area (Å²) in [4.78, 5) is 28.6. The van der Waals surface area contributed by atoms with Crippen molar-refractivity contribution in [3.8, 4) is 5.69 Å². The highest BCUT2D eigenvalue weighted by molar-refractivity contribution is 5.94. The zero-order chi connectivity index (χ0) is 19.9. The average Bonchev–Trinajstić information content (AvgIpc) is 3.24. The van der Waals surface area contributed by atoms with Gasteiger partial charge in [-0.1, -0.05) is 0 Å². The van der Waals surface area contributed by atoms with Crippen LogP contribution in [0.25, 0.3) is 5.69 Å². The SMILES string of the molecule is Cc1c(C(=O)O)cnn1-c1ccc(C(=O)N2CCCC3(CCN(C)C3)C2)cc1. The van der Waals surface area contributed by atoms with Crippen LogP contribution in [-0.2, 0) is 0 Å². The van der Waals surface area contributed by atoms with Crippen LogP contribution < -0.4 is 0 Å². The van der Waals surface area contributed by atoms with Gasteiger partial charge in [-0.15, -0.1) is 0 Å². The summed E-state index contributed by atoms with van der Waals surface area (Å²) < 4.78 is 1.59. The number of carboxylic acid groups (broad SMARTS) is 1. The van der Waals surface area contributed by atoms with Crippen LogP contribution in [0.3, 0.4) is 0 Å². The predicted octanol–water partition coefficient (Wildman–Crippen LogP) is 2.44. The fourth-order valence-electron chi connectivity index (χ4n) is 4.68. The molecule has 1 aromatic carbocycles. The number of carboxylic acids is 1. The van der Waals surface area contributed by atoms with Crippen LogP contribution in [0.1, 0.15) is 45.7 Å². The molecule has 2 saturated heterocycles. The van der Waals surface area contributed by atoms with Crippen molar-refractivity contribution in [2.75, 3.05) is 33.2 Å². The Morgan fingerprint density at radius 3 is 2.46 bits per heavy atom. The largest absolute Gasteiger partial charge is 0.478 e. The number of carbonyl (C=O) groups is 2. The Morgan fingerprint density at radius 1 is 1.11 bits per heavy atom. The van der Waals surface area contributed by atoms with E-state index in [1.165, 1.54) is 12.6 Å². The van der Waals surface area contributed by atoms with E-state index < -0.39 is 5.97 Å². The van der Waals surface area contributed by atoms with E-state index >= 15 is 0 Å². The van der Waals surface area contributed by atoms with E-state index in [0.29, 0.717) is 11.3 Å². The van der Waals surface area contributed by atoms with E-state index in [-0.39, 0.29) is 16.9 Å². The van der Waals surface area contributed by atoms with Crippen molar-refractivity contribution in [3.05, 3.63) is 47.3 Å². The molecule has 1 aromatic heterocycles. The lowest BCUT2D eigenvalue weighted by atomic mass is 9.79. The monoisotopic (exact) mass is 382 g/mol. The van der Waals surface area contributed by atoms with Gasteiger partial charge in [0.25, 0.3) is 5.91 Å². The molecular weight excluding hydrogens is 356 g/mol. The molecule has 3 heterocycles. The van der Waals surface area contributed by atoms with E-state index in [0.717, 1.165) is 44.7 Å². The molecule has 0 aliphatic carbocycles. The molecule has 0 saturated carbocycles. The lowest BCUT2D eigenvalue weighted by Crippen LogP contribution is -2.47. The lowest BCUT2D eigenvalue weighted by Gasteiger charge is -2.40. The molecule has 1 amide bonds. The minimum Gasteiger partial charge on any atom is -0.478 e. The first-order valence-corrected chi connectivity index (χ1v) is 9.75. The molecule has 2 fully saturated rings. The number of aromatic nitrogens is 2. The maximum atomic E-state index is 13.0. The second kappa shape index (κ2) is 7.05. The number of likely N-dealkylation sites (tertiary alicyclic amines) is 2. The van der Waals surface area contributed by atoms with Crippen LogP contribution in [-0.4, -0.2) is 69.8 Å². The number of benzene rings is 1. The maximum Gasteiger partial charge on any atom is 0.339 e. The summed E-state index contributed by atoms with van der Waals surface area (Å²) in [6, 6.07) is 7.26. The Kier molecular flexibility index (Phi) is 4.71. The van der Waals surface area contributed by atoms with Crippen LogP contribution >= 0.6 is 0 Å². The summed E-state index contributed by atoms with van der Waals surface area (Å²) in [5.41, 5.74) is 2.40. The van der Waals surface area contributed by atoms with Crippen molar-refractivity contribution < 1.29 is 14.7 Å². The molecule has 4 rings (SSSR count). The summed E-state index contributed by atoms with van der Waals surface area (Å²) in [6.07, 6.45) is 4.77. The van der Waals surface area contributed by atoms with Crippen LogP contribution in [0, 0.1) is 12.3 Å². The Morgan fingerprint density at radius 2 is 1.86 bits per heavy atom. The smallest absolute Gasteiger partial charge is 0.339 e. The lowest BCUT2D eigenvalue weighted by molar-refractivity contribution is 0.0534. The van der Waals surface area contributed by atoms with Crippen molar-refractivity contribution >= 4 is 11.9 Å². The van der Waals surface area contributed by atoms with Gasteiger partial charge in [0.2, 0.25) is 0 Å². The van der Waals surface area contributed by atoms with Gasteiger partial charge in [0.05, 0.1) is 17.6 Å². The third-order valence-electron chi connectivity index (χ3n) is 6.18. The molecule has 1 atom stereocenters. The number of hydrogen-bond donors (Lipinski definition) is 1. The number of piperidine rings is 1. The highest BCUT2D eigenvalue weighted by Crippen LogP contribution is 2.38. The van der Waals surface area contributed by atoms with Crippen molar-refractivity contribution in [1.29, 1.82) is 0 Å². The fraction of sp³-hybridized carbons (Fsp3) is 0.476. The first kappa shape index (κ1) is 18.7. The fourth-order valence-corrected chi connectivity index (χ4v) is 4.68. The molecule has 0 radical (unpaired) electrons. The summed E-state index contributed by atoms with van der Waals surface area (Å²) >= 11 is 0. The third kappa shape index (κ3) is 3.30. The van der Waals surface area contributed by atoms with Crippen LogP contribution in [0.15, 0.2) is 30.5 Å². The Balaban J connectivity index is 1.51. The van der Waals surface area contributed by atoms with E-state index in [1.54, 1.807) is 23.7 Å². The van der Waals surface area contributed by atoms with E-state index in [2.05, 4.69) is 17.0 Å². The molecule has 7 heteroatoms. The Labute approximate surface area is 164 Å². The molecule has 0 bridgehead atoms. The van der Waals surface area contributed by atoms with E-state index in [4.69, 9.17) is 0 Å². The van der Waals surface area contributed by atoms with Crippen molar-refractivity contribution in [3.63, 3.8) is 0 Å². The zero-order valence-corrected chi connectivity index (χ0v) is 16.4. The highest BCUT2D eigenvalue weighted by Gasteiger charge is 2.41. The van der Waals surface area contributed by atoms with Gasteiger partial charge < -0.3 is 14.9 Å². The normalized spacial score (nSPS) is 22.7. The van der Waals surface area contributed by atoms with Gasteiger partial charge in [0.15, 0.2) is 0 Å². The molecule has 148 valence electrons. The molecule has 2 aromatic rings. The van der Waals surface area contributed by atoms with Crippen LogP contribution in [0.2, 0.25) is 0 Å². The topological polar surface area (TPSA) is 78.7 Å². The number of hydrogen-bond acceptors (Lipinski definition) is 4. The Hall–Kier alpha value is -2.67. The summed E-state index contributed by atoms with van der Waals surface area (Å²) in [5, 5.41) is 13.3. The van der Waals surface area contributed by atoms with Gasteiger partial charge in [-0.25, -0.2) is 9.48 Å². The highest BCUT2D eigenvalue weighted by atomic mass is 16.4. The third-order valence-corrected chi connectivity index (χ3v) is 6.18. The minimum atomic E-state index is -0.993. The van der Waals surface area contributed by atoms with Gasteiger partial charge in [-0.05, 0) is 64.0 Å². The summed E-state index contributed by atoms with van der Waals surface area (Å²) in [7, 11) is 2.15. The van der Waals surface area contributed by atoms with E-state index in [1.807, 2.05) is 17.0 Å². The van der Waals surface area contributed by atoms with Crippen molar-refractivity contribution in [2.45, 2.75) is 26.2 Å². The molecule has 2 aliphatic heterocycles. The predicted molar refractivity (Wildman–Crippen MR) is 105 cm³/mol. The molecule has 2 aliphatic rings. The molecule has 1 N–H and O–H groups in total. The summed E-state index contributed by atoms with van der Waals surface area (Å²) in [6.45, 7) is 5.55. The molecule has 1 unspecified atom stereocenters. The minimum absolute atomic E-state index is 0.0728. The second-order valence-electron chi connectivity index (χ2n) is 8.23. The second-order valence-corrected chi connectivity index (χ2v) is 8.23. The number of nitrogens with zero attached hydrogens (tertiary/aromatic N) is 4. The maximum absolute atomic E-state index is 13.0. The molecule has 7 nitrogen and oxygen atoms in total. The zero-order valence-electron chi connectivity index (χ0n) is 16.4. The van der Waals surface area contributed by atoms with Gasteiger partial charge in [-0.2, -0.15) is 5.10 Å². The quantitative estimate of drug-likeness (QED) is 0.882. The average molecular weight is 382 g/mol. The first-order chi connectivity index (χ1) is 13.4. The number of aromatic carboxylic acids is 1. The molecular formula is C21H26N4O3. The molecule has 28 heavy (non-hydrogen) atoms. The van der Waals surface area contributed by atoms with Crippen LogP contribution in [0.5, 0.6) is 0 Å². The van der Waals surface area contributed by atoms with Gasteiger partial charge >= 0.3 is 5.97 Å². The number of amides is 1. The number of rotatable bonds is 3. The first-order valence-electron chi connectivity index (χ1n) is 9.75. The number of carbonyl (C=O) groups excluding carboxylic acids is 1. The van der Waals surface area contributed by atoms with Crippen molar-refractivity contribution in [2.24, 2.45) is 5.41 Å². The van der Waals surface area contributed by atoms with Gasteiger partial charge in [-0.3, -0.25) is 4.79 Å². The van der Waals surface area contributed by atoms with Crippen molar-refractivity contribution in [1.82, 2.24) is 19.6 Å².